The van der Waals surface area contributed by atoms with E-state index in [1.165, 1.54) is 10.4 Å². The van der Waals surface area contributed by atoms with Gasteiger partial charge in [0.25, 0.3) is 5.91 Å². The summed E-state index contributed by atoms with van der Waals surface area (Å²) >= 11 is 14.0. The summed E-state index contributed by atoms with van der Waals surface area (Å²) in [5.74, 6) is 0.675. The first-order chi connectivity index (χ1) is 11.0. The molecule has 1 aromatic heterocycles. The zero-order chi connectivity index (χ0) is 16.1. The smallest absolute Gasteiger partial charge is 0.256 e. The van der Waals surface area contributed by atoms with Crippen LogP contribution >= 0.6 is 34.5 Å². The molecule has 2 atom stereocenters. The summed E-state index contributed by atoms with van der Waals surface area (Å²) < 4.78 is 0. The second-order valence-electron chi connectivity index (χ2n) is 6.27. The number of fused-ring (bicyclic) bond motifs is 3. The van der Waals surface area contributed by atoms with Crippen molar-refractivity contribution >= 4 is 45.4 Å². The molecule has 0 spiro atoms. The molecule has 1 aliphatic carbocycles. The monoisotopic (exact) mass is 366 g/mol. The van der Waals surface area contributed by atoms with Crippen molar-refractivity contribution in [2.24, 2.45) is 5.92 Å². The van der Waals surface area contributed by atoms with Crippen LogP contribution in [-0.2, 0) is 12.8 Å². The number of rotatable bonds is 1. The maximum absolute atomic E-state index is 12.6. The highest BCUT2D eigenvalue weighted by Gasteiger charge is 2.33. The van der Waals surface area contributed by atoms with E-state index in [2.05, 4.69) is 17.6 Å². The van der Waals surface area contributed by atoms with E-state index >= 15 is 0 Å². The summed E-state index contributed by atoms with van der Waals surface area (Å²) in [4.78, 5) is 14.0. The fraction of sp³-hybridized carbons (Fsp3) is 0.353. The van der Waals surface area contributed by atoms with Gasteiger partial charge in [-0.2, -0.15) is 0 Å². The van der Waals surface area contributed by atoms with Gasteiger partial charge in [0.2, 0.25) is 0 Å². The first kappa shape index (κ1) is 15.3. The molecule has 6 heteroatoms. The summed E-state index contributed by atoms with van der Waals surface area (Å²) in [7, 11) is 0. The Bertz CT molecular complexity index is 802. The van der Waals surface area contributed by atoms with Crippen molar-refractivity contribution in [1.29, 1.82) is 0 Å². The number of anilines is 1. The average Bonchev–Trinajstić information content (AvgIpc) is 2.84. The lowest BCUT2D eigenvalue weighted by molar-refractivity contribution is 0.0935. The summed E-state index contributed by atoms with van der Waals surface area (Å²) in [6.07, 6.45) is 2.88. The minimum Gasteiger partial charge on any atom is -0.353 e. The van der Waals surface area contributed by atoms with Gasteiger partial charge in [0.1, 0.15) is 11.2 Å². The molecule has 2 heterocycles. The van der Waals surface area contributed by atoms with Crippen molar-refractivity contribution in [1.82, 2.24) is 5.32 Å². The van der Waals surface area contributed by atoms with Crippen LogP contribution in [0.25, 0.3) is 0 Å². The number of hydrogen-bond donors (Lipinski definition) is 2. The van der Waals surface area contributed by atoms with Crippen LogP contribution < -0.4 is 10.6 Å². The van der Waals surface area contributed by atoms with Crippen LogP contribution in [0.4, 0.5) is 5.00 Å². The highest BCUT2D eigenvalue weighted by Crippen LogP contribution is 2.43. The van der Waals surface area contributed by atoms with Gasteiger partial charge in [-0.1, -0.05) is 36.2 Å². The molecule has 0 saturated carbocycles. The van der Waals surface area contributed by atoms with Crippen LogP contribution in [0.1, 0.15) is 45.9 Å². The molecule has 23 heavy (non-hydrogen) atoms. The molecular formula is C17H16Cl2N2OS. The van der Waals surface area contributed by atoms with Crippen molar-refractivity contribution in [3.8, 4) is 0 Å². The first-order valence-electron chi connectivity index (χ1n) is 7.70. The van der Waals surface area contributed by atoms with Crippen LogP contribution in [0.5, 0.6) is 0 Å². The molecule has 0 radical (unpaired) electrons. The second kappa shape index (κ2) is 5.69. The fourth-order valence-electron chi connectivity index (χ4n) is 3.35. The third-order valence-corrected chi connectivity index (χ3v) is 6.31. The van der Waals surface area contributed by atoms with E-state index in [4.69, 9.17) is 23.2 Å². The van der Waals surface area contributed by atoms with E-state index in [-0.39, 0.29) is 12.1 Å². The largest absolute Gasteiger partial charge is 0.353 e. The molecule has 1 aromatic carbocycles. The molecule has 3 nitrogen and oxygen atoms in total. The summed E-state index contributed by atoms with van der Waals surface area (Å²) in [6.45, 7) is 2.27. The average molecular weight is 367 g/mol. The van der Waals surface area contributed by atoms with E-state index in [0.717, 1.165) is 35.4 Å². The zero-order valence-corrected chi connectivity index (χ0v) is 14.9. The maximum atomic E-state index is 12.6. The summed E-state index contributed by atoms with van der Waals surface area (Å²) in [6, 6.07) is 5.33. The Labute approximate surface area is 149 Å². The number of benzene rings is 1. The van der Waals surface area contributed by atoms with Gasteiger partial charge >= 0.3 is 0 Å². The predicted octanol–water partition coefficient (Wildman–Crippen LogP) is 5.03. The molecule has 1 aliphatic heterocycles. The van der Waals surface area contributed by atoms with Crippen LogP contribution in [0.3, 0.4) is 0 Å². The van der Waals surface area contributed by atoms with Crippen molar-refractivity contribution in [3.05, 3.63) is 49.8 Å². The van der Waals surface area contributed by atoms with Crippen LogP contribution in [0.15, 0.2) is 18.2 Å². The first-order valence-corrected chi connectivity index (χ1v) is 9.27. The van der Waals surface area contributed by atoms with E-state index in [0.29, 0.717) is 16.0 Å². The molecule has 1 amide bonds. The molecule has 4 rings (SSSR count). The lowest BCUT2D eigenvalue weighted by Gasteiger charge is -2.27. The van der Waals surface area contributed by atoms with Crippen molar-refractivity contribution in [3.63, 3.8) is 0 Å². The quantitative estimate of drug-likeness (QED) is 0.742. The van der Waals surface area contributed by atoms with Crippen LogP contribution in [0.2, 0.25) is 10.0 Å². The zero-order valence-electron chi connectivity index (χ0n) is 12.6. The number of hydrogen-bond acceptors (Lipinski definition) is 3. The predicted molar refractivity (Wildman–Crippen MR) is 95.8 cm³/mol. The van der Waals surface area contributed by atoms with Gasteiger partial charge in [0.05, 0.1) is 5.56 Å². The maximum Gasteiger partial charge on any atom is 0.256 e. The number of amides is 1. The number of thiophene rings is 1. The van der Waals surface area contributed by atoms with Gasteiger partial charge < -0.3 is 10.6 Å². The minimum absolute atomic E-state index is 0.0122. The highest BCUT2D eigenvalue weighted by molar-refractivity contribution is 7.16. The lowest BCUT2D eigenvalue weighted by atomic mass is 9.88. The molecule has 2 aromatic rings. The second-order valence-corrected chi connectivity index (χ2v) is 8.22. The Morgan fingerprint density at radius 2 is 2.09 bits per heavy atom. The van der Waals surface area contributed by atoms with Crippen molar-refractivity contribution < 1.29 is 4.79 Å². The number of carbonyl (C=O) groups excluding carboxylic acids is 1. The van der Waals surface area contributed by atoms with Gasteiger partial charge in [0, 0.05) is 20.5 Å². The molecular weight excluding hydrogens is 351 g/mol. The summed E-state index contributed by atoms with van der Waals surface area (Å²) in [5, 5.41) is 8.56. The molecule has 0 saturated heterocycles. The molecule has 2 N–H and O–H groups in total. The Morgan fingerprint density at radius 3 is 2.87 bits per heavy atom. The third kappa shape index (κ3) is 2.63. The van der Waals surface area contributed by atoms with E-state index < -0.39 is 0 Å². The van der Waals surface area contributed by atoms with Crippen LogP contribution in [-0.4, -0.2) is 5.91 Å². The number of nitrogens with one attached hydrogen (secondary N) is 2. The molecule has 0 fully saturated rings. The van der Waals surface area contributed by atoms with Gasteiger partial charge in [-0.3, -0.25) is 4.79 Å². The number of halogens is 2. The van der Waals surface area contributed by atoms with Gasteiger partial charge in [-0.25, -0.2) is 0 Å². The van der Waals surface area contributed by atoms with Crippen LogP contribution in [0, 0.1) is 5.92 Å². The standard InChI is InChI=1S/C17H16Cl2N2OS/c1-8-2-4-11-13(6-8)23-17-14(11)16(22)20-15(21-17)10-5-3-9(18)7-12(10)19/h3,5,7-8,15,21H,2,4,6H2,1H3,(H,20,22)/t8-,15+/m1/s1. The third-order valence-electron chi connectivity index (χ3n) is 4.56. The SMILES string of the molecule is C[C@@H]1CCc2c(sc3c2C(=O)N[C@H](c2ccc(Cl)cc2Cl)N3)C1. The van der Waals surface area contributed by atoms with E-state index in [9.17, 15) is 4.79 Å². The highest BCUT2D eigenvalue weighted by atomic mass is 35.5. The molecule has 2 aliphatic rings. The van der Waals surface area contributed by atoms with E-state index in [1.807, 2.05) is 6.07 Å². The molecule has 0 unspecified atom stereocenters. The Balaban J connectivity index is 1.71. The van der Waals surface area contributed by atoms with E-state index in [1.54, 1.807) is 23.5 Å². The van der Waals surface area contributed by atoms with Crippen molar-refractivity contribution in [2.45, 2.75) is 32.4 Å². The lowest BCUT2D eigenvalue weighted by Crippen LogP contribution is -2.38. The fourth-order valence-corrected chi connectivity index (χ4v) is 5.31. The Kier molecular flexibility index (Phi) is 3.79. The molecule has 120 valence electrons. The molecule has 0 bridgehead atoms. The Hall–Kier alpha value is -1.23. The Morgan fingerprint density at radius 1 is 1.26 bits per heavy atom. The topological polar surface area (TPSA) is 41.1 Å². The van der Waals surface area contributed by atoms with Gasteiger partial charge in [0.15, 0.2) is 0 Å². The minimum atomic E-state index is -0.322. The van der Waals surface area contributed by atoms with Gasteiger partial charge in [-0.05, 0) is 42.9 Å². The summed E-state index contributed by atoms with van der Waals surface area (Å²) in [5.41, 5.74) is 2.89. The number of carbonyl (C=O) groups is 1. The normalized spacial score (nSPS) is 22.8. The van der Waals surface area contributed by atoms with Gasteiger partial charge in [-0.15, -0.1) is 11.3 Å². The van der Waals surface area contributed by atoms with Crippen molar-refractivity contribution in [2.75, 3.05) is 5.32 Å².